The van der Waals surface area contributed by atoms with Gasteiger partial charge in [-0.3, -0.25) is 0 Å². The van der Waals surface area contributed by atoms with Gasteiger partial charge in [0, 0.05) is 0 Å². The predicted octanol–water partition coefficient (Wildman–Crippen LogP) is 2.66. The van der Waals surface area contributed by atoms with Gasteiger partial charge in [0.2, 0.25) is 0 Å². The number of rotatable bonds is 2. The van der Waals surface area contributed by atoms with Crippen LogP contribution < -0.4 is 0 Å². The third-order valence-electron chi connectivity index (χ3n) is 3.87. The second-order valence-electron chi connectivity index (χ2n) is 5.13. The van der Waals surface area contributed by atoms with Crippen LogP contribution in [0, 0.1) is 0 Å². The molecular formula is C16H21O4Se+. The summed E-state index contributed by atoms with van der Waals surface area (Å²) in [5.41, 5.74) is 2.35. The Bertz CT molecular complexity index is 498. The van der Waals surface area contributed by atoms with E-state index in [0.717, 1.165) is 18.4 Å². The number of carbonyl (C=O) groups excluding carboxylic acids is 2. The van der Waals surface area contributed by atoms with Crippen molar-refractivity contribution in [3.05, 3.63) is 32.2 Å². The summed E-state index contributed by atoms with van der Waals surface area (Å²) in [4.78, 5) is 24.0. The van der Waals surface area contributed by atoms with Gasteiger partial charge in [-0.15, -0.1) is 0 Å². The molecule has 0 amide bonds. The molecule has 4 nitrogen and oxygen atoms in total. The van der Waals surface area contributed by atoms with Crippen molar-refractivity contribution in [1.29, 1.82) is 0 Å². The summed E-state index contributed by atoms with van der Waals surface area (Å²) in [6.45, 7) is 0. The Morgan fingerprint density at radius 2 is 1.43 bits per heavy atom. The van der Waals surface area contributed by atoms with Gasteiger partial charge in [-0.05, 0) is 0 Å². The molecule has 0 spiro atoms. The average molecular weight is 356 g/mol. The maximum absolute atomic E-state index is 12.0. The number of hydrogen-bond donors (Lipinski definition) is 0. The Morgan fingerprint density at radius 3 is 1.86 bits per heavy atom. The first kappa shape index (κ1) is 16.1. The SMILES string of the molecule is COC(=O)C1=CC(=C2CCCCC2)C=C(C(=O)OC)[Se+]1C. The predicted molar refractivity (Wildman–Crippen MR) is 81.9 cm³/mol. The minimum atomic E-state index is -1.68. The Hall–Kier alpha value is -1.32. The molecule has 0 aromatic carbocycles. The first-order valence-electron chi connectivity index (χ1n) is 7.06. The second-order valence-corrected chi connectivity index (χ2v) is 9.12. The quantitative estimate of drug-likeness (QED) is 0.564. The van der Waals surface area contributed by atoms with E-state index in [1.807, 2.05) is 18.0 Å². The summed E-state index contributed by atoms with van der Waals surface area (Å²) in [7, 11) is 2.76. The fourth-order valence-corrected chi connectivity index (χ4v) is 5.83. The molecule has 2 rings (SSSR count). The molecule has 21 heavy (non-hydrogen) atoms. The van der Waals surface area contributed by atoms with Gasteiger partial charge >= 0.3 is 129 Å². The van der Waals surface area contributed by atoms with Gasteiger partial charge in [0.1, 0.15) is 0 Å². The molecule has 0 N–H and O–H groups in total. The summed E-state index contributed by atoms with van der Waals surface area (Å²) < 4.78 is 11.1. The number of carbonyl (C=O) groups is 2. The molecule has 0 radical (unpaired) electrons. The van der Waals surface area contributed by atoms with Gasteiger partial charge in [-0.2, -0.15) is 0 Å². The molecule has 0 saturated heterocycles. The normalized spacial score (nSPS) is 22.3. The molecule has 0 aromatic heterocycles. The third kappa shape index (κ3) is 3.47. The van der Waals surface area contributed by atoms with Crippen molar-refractivity contribution in [3.63, 3.8) is 0 Å². The Morgan fingerprint density at radius 1 is 0.952 bits per heavy atom. The Labute approximate surface area is 129 Å². The third-order valence-corrected chi connectivity index (χ3v) is 7.83. The summed E-state index contributed by atoms with van der Waals surface area (Å²) in [5, 5.41) is 0. The molecule has 0 unspecified atom stereocenters. The van der Waals surface area contributed by atoms with E-state index < -0.39 is 13.9 Å². The van der Waals surface area contributed by atoms with Crippen LogP contribution in [0.5, 0.6) is 0 Å². The van der Waals surface area contributed by atoms with Gasteiger partial charge in [-0.25, -0.2) is 0 Å². The summed E-state index contributed by atoms with van der Waals surface area (Å²) >= 11 is -1.68. The van der Waals surface area contributed by atoms with Gasteiger partial charge in [0.25, 0.3) is 0 Å². The summed E-state index contributed by atoms with van der Waals surface area (Å²) in [6.07, 6.45) is 9.55. The zero-order valence-electron chi connectivity index (χ0n) is 12.7. The number of methoxy groups -OCH3 is 2. The first-order chi connectivity index (χ1) is 10.1. The number of esters is 2. The second kappa shape index (κ2) is 7.10. The van der Waals surface area contributed by atoms with Crippen molar-refractivity contribution in [2.75, 3.05) is 14.2 Å². The van der Waals surface area contributed by atoms with Crippen molar-refractivity contribution in [3.8, 4) is 0 Å². The molecule has 5 heteroatoms. The molecular weight excluding hydrogens is 335 g/mol. The summed E-state index contributed by atoms with van der Waals surface area (Å²) in [6, 6.07) is 0. The van der Waals surface area contributed by atoms with E-state index in [4.69, 9.17) is 9.47 Å². The van der Waals surface area contributed by atoms with E-state index >= 15 is 0 Å². The molecule has 1 aliphatic heterocycles. The van der Waals surface area contributed by atoms with Crippen LogP contribution in [0.25, 0.3) is 0 Å². The standard InChI is InChI=1S/C16H21O4Se/c1-19-15(17)13-9-12(11-7-5-4-6-8-11)10-14(21(13)3)16(18)20-2/h9-10H,4-8H2,1-3H3/q+1. The van der Waals surface area contributed by atoms with Gasteiger partial charge in [0.15, 0.2) is 0 Å². The van der Waals surface area contributed by atoms with Crippen molar-refractivity contribution in [1.82, 2.24) is 0 Å². The van der Waals surface area contributed by atoms with Crippen molar-refractivity contribution >= 4 is 25.8 Å². The van der Waals surface area contributed by atoms with Crippen LogP contribution in [-0.2, 0) is 19.1 Å². The zero-order chi connectivity index (χ0) is 15.4. The van der Waals surface area contributed by atoms with Crippen molar-refractivity contribution in [2.45, 2.75) is 37.9 Å². The van der Waals surface area contributed by atoms with Crippen LogP contribution in [-0.4, -0.2) is 40.1 Å². The van der Waals surface area contributed by atoms with E-state index in [-0.39, 0.29) is 11.9 Å². The van der Waals surface area contributed by atoms with Crippen LogP contribution in [0.3, 0.4) is 0 Å². The number of hydrogen-bond acceptors (Lipinski definition) is 4. The monoisotopic (exact) mass is 357 g/mol. The molecule has 1 aliphatic carbocycles. The van der Waals surface area contributed by atoms with Crippen molar-refractivity contribution < 1.29 is 19.1 Å². The van der Waals surface area contributed by atoms with Crippen LogP contribution in [0.2, 0.25) is 5.82 Å². The number of ether oxygens (including phenoxy) is 2. The van der Waals surface area contributed by atoms with Crippen LogP contribution in [0.15, 0.2) is 32.2 Å². The molecule has 1 saturated carbocycles. The average Bonchev–Trinajstić information content (AvgIpc) is 2.54. The van der Waals surface area contributed by atoms with Crippen LogP contribution in [0.1, 0.15) is 32.1 Å². The minimum absolute atomic E-state index is 0.328. The molecule has 0 aromatic rings. The van der Waals surface area contributed by atoms with Crippen LogP contribution in [0.4, 0.5) is 0 Å². The first-order valence-corrected chi connectivity index (χ1v) is 10.5. The van der Waals surface area contributed by atoms with E-state index in [1.54, 1.807) is 0 Å². The van der Waals surface area contributed by atoms with Gasteiger partial charge < -0.3 is 0 Å². The maximum atomic E-state index is 12.0. The van der Waals surface area contributed by atoms with E-state index in [0.29, 0.717) is 8.94 Å². The number of allylic oxidation sites excluding steroid dienone is 4. The van der Waals surface area contributed by atoms with Gasteiger partial charge in [-0.1, -0.05) is 0 Å². The zero-order valence-corrected chi connectivity index (χ0v) is 14.4. The van der Waals surface area contributed by atoms with E-state index in [2.05, 4.69) is 0 Å². The Kier molecular flexibility index (Phi) is 5.43. The fraction of sp³-hybridized carbons (Fsp3) is 0.500. The molecule has 0 bridgehead atoms. The molecule has 1 heterocycles. The van der Waals surface area contributed by atoms with Crippen molar-refractivity contribution in [2.24, 2.45) is 0 Å². The Balaban J connectivity index is 2.46. The van der Waals surface area contributed by atoms with Crippen LogP contribution >= 0.6 is 0 Å². The molecule has 0 atom stereocenters. The van der Waals surface area contributed by atoms with E-state index in [1.165, 1.54) is 39.1 Å². The molecule has 1 fully saturated rings. The topological polar surface area (TPSA) is 52.6 Å². The fourth-order valence-electron chi connectivity index (χ4n) is 2.66. The molecule has 2 aliphatic rings. The molecule has 114 valence electrons. The summed E-state index contributed by atoms with van der Waals surface area (Å²) in [5.74, 6) is 1.30. The van der Waals surface area contributed by atoms with E-state index in [9.17, 15) is 9.59 Å². The van der Waals surface area contributed by atoms with Gasteiger partial charge in [0.05, 0.1) is 0 Å².